The zero-order valence-corrected chi connectivity index (χ0v) is 15.2. The predicted octanol–water partition coefficient (Wildman–Crippen LogP) is 7.33. The van der Waals surface area contributed by atoms with Gasteiger partial charge in [-0.25, -0.2) is 0 Å². The third-order valence-electron chi connectivity index (χ3n) is 2.62. The van der Waals surface area contributed by atoms with Crippen LogP contribution < -0.4 is 0 Å². The van der Waals surface area contributed by atoms with E-state index < -0.39 is 0 Å². The molecule has 0 spiro atoms. The lowest BCUT2D eigenvalue weighted by molar-refractivity contribution is 1.45. The van der Waals surface area contributed by atoms with Gasteiger partial charge >= 0.3 is 0 Å². The summed E-state index contributed by atoms with van der Waals surface area (Å²) in [6.45, 7) is 19.6. The summed E-state index contributed by atoms with van der Waals surface area (Å²) >= 11 is 0. The summed E-state index contributed by atoms with van der Waals surface area (Å²) in [5, 5.41) is 0. The standard InChI is InChI=1S/C11H12.C7H8.2C2H6/c1-4-10-7-6-9(3)8-11(10)5-2;1-7-5-3-2-4-6-7;2*1-2/h4-8H,1-2H2,3H3;2-6H,1H3;2*1-2H3. The van der Waals surface area contributed by atoms with Gasteiger partial charge in [-0.15, -0.1) is 0 Å². The summed E-state index contributed by atoms with van der Waals surface area (Å²) in [5.74, 6) is 0. The van der Waals surface area contributed by atoms with Crippen molar-refractivity contribution < 1.29 is 0 Å². The Labute approximate surface area is 138 Å². The fraction of sp³-hybridized carbons (Fsp3) is 0.273. The van der Waals surface area contributed by atoms with E-state index in [1.165, 1.54) is 11.1 Å². The molecule has 0 aromatic heterocycles. The fourth-order valence-electron chi connectivity index (χ4n) is 1.59. The molecular weight excluding hydrogens is 264 g/mol. The van der Waals surface area contributed by atoms with Crippen molar-refractivity contribution in [1.29, 1.82) is 0 Å². The lowest BCUT2D eigenvalue weighted by atomic mass is 10.0. The third-order valence-corrected chi connectivity index (χ3v) is 2.62. The Morgan fingerprint density at radius 2 is 1.14 bits per heavy atom. The van der Waals surface area contributed by atoms with E-state index in [2.05, 4.69) is 57.3 Å². The average molecular weight is 296 g/mol. The van der Waals surface area contributed by atoms with Crippen molar-refractivity contribution in [1.82, 2.24) is 0 Å². The molecule has 0 saturated carbocycles. The minimum absolute atomic E-state index is 1.14. The van der Waals surface area contributed by atoms with E-state index in [0.29, 0.717) is 0 Å². The molecule has 0 heterocycles. The SMILES string of the molecule is C=Cc1ccc(C)cc1C=C.CC.CC.Cc1ccccc1. The highest BCUT2D eigenvalue weighted by Crippen LogP contribution is 2.13. The van der Waals surface area contributed by atoms with Gasteiger partial charge in [-0.05, 0) is 25.0 Å². The van der Waals surface area contributed by atoms with Crippen LogP contribution in [0.15, 0.2) is 61.7 Å². The van der Waals surface area contributed by atoms with Crippen LogP contribution in [0.5, 0.6) is 0 Å². The zero-order chi connectivity index (χ0) is 17.4. The first kappa shape index (κ1) is 22.2. The van der Waals surface area contributed by atoms with Crippen molar-refractivity contribution in [3.05, 3.63) is 83.9 Å². The first-order valence-corrected chi connectivity index (χ1v) is 8.04. The summed E-state index contributed by atoms with van der Waals surface area (Å²) in [6.07, 6.45) is 3.69. The summed E-state index contributed by atoms with van der Waals surface area (Å²) < 4.78 is 0. The third kappa shape index (κ3) is 9.77. The second kappa shape index (κ2) is 15.3. The van der Waals surface area contributed by atoms with E-state index in [-0.39, 0.29) is 0 Å². The normalized spacial score (nSPS) is 7.91. The number of hydrogen-bond donors (Lipinski definition) is 0. The maximum atomic E-state index is 3.73. The van der Waals surface area contributed by atoms with Crippen LogP contribution in [-0.2, 0) is 0 Å². The van der Waals surface area contributed by atoms with Crippen LogP contribution in [0.2, 0.25) is 0 Å². The molecule has 0 nitrogen and oxygen atoms in total. The molecule has 0 fully saturated rings. The minimum Gasteiger partial charge on any atom is -0.0984 e. The molecule has 0 saturated heterocycles. The maximum absolute atomic E-state index is 3.73. The highest BCUT2D eigenvalue weighted by molar-refractivity contribution is 5.64. The molecule has 0 aliphatic heterocycles. The molecule has 0 amide bonds. The van der Waals surface area contributed by atoms with Crippen LogP contribution in [0, 0.1) is 13.8 Å². The van der Waals surface area contributed by atoms with Gasteiger partial charge in [0.1, 0.15) is 0 Å². The van der Waals surface area contributed by atoms with E-state index in [1.54, 1.807) is 0 Å². The number of hydrogen-bond acceptors (Lipinski definition) is 0. The van der Waals surface area contributed by atoms with Gasteiger partial charge < -0.3 is 0 Å². The van der Waals surface area contributed by atoms with Gasteiger partial charge in [-0.1, -0.05) is 113 Å². The van der Waals surface area contributed by atoms with Gasteiger partial charge in [0.25, 0.3) is 0 Å². The Kier molecular flexibility index (Phi) is 15.5. The molecule has 0 aliphatic rings. The molecule has 0 N–H and O–H groups in total. The number of aryl methyl sites for hydroxylation is 2. The van der Waals surface area contributed by atoms with E-state index >= 15 is 0 Å². The quantitative estimate of drug-likeness (QED) is 0.544. The molecule has 22 heavy (non-hydrogen) atoms. The minimum atomic E-state index is 1.14. The van der Waals surface area contributed by atoms with Gasteiger partial charge in [0.05, 0.1) is 0 Å². The van der Waals surface area contributed by atoms with Gasteiger partial charge in [0.2, 0.25) is 0 Å². The van der Waals surface area contributed by atoms with Crippen LogP contribution in [0.25, 0.3) is 12.2 Å². The predicted molar refractivity (Wildman–Crippen MR) is 105 cm³/mol. The molecular formula is C22H32. The second-order valence-corrected chi connectivity index (χ2v) is 4.20. The maximum Gasteiger partial charge on any atom is -0.0187 e. The number of benzene rings is 2. The molecule has 0 atom stereocenters. The van der Waals surface area contributed by atoms with Crippen molar-refractivity contribution in [2.24, 2.45) is 0 Å². The van der Waals surface area contributed by atoms with Crippen molar-refractivity contribution in [2.45, 2.75) is 41.5 Å². The van der Waals surface area contributed by atoms with E-state index in [4.69, 9.17) is 0 Å². The Bertz CT molecular complexity index is 507. The van der Waals surface area contributed by atoms with E-state index in [1.807, 2.05) is 58.0 Å². The molecule has 0 bridgehead atoms. The lowest BCUT2D eigenvalue weighted by Crippen LogP contribution is -1.80. The van der Waals surface area contributed by atoms with Crippen molar-refractivity contribution >= 4 is 12.2 Å². The molecule has 120 valence electrons. The Hall–Kier alpha value is -2.08. The highest BCUT2D eigenvalue weighted by atomic mass is 14.0. The first-order valence-electron chi connectivity index (χ1n) is 8.04. The summed E-state index contributed by atoms with van der Waals surface area (Å²) in [4.78, 5) is 0. The smallest absolute Gasteiger partial charge is 0.0187 e. The summed E-state index contributed by atoms with van der Waals surface area (Å²) in [7, 11) is 0. The van der Waals surface area contributed by atoms with Crippen molar-refractivity contribution in [3.63, 3.8) is 0 Å². The molecule has 0 radical (unpaired) electrons. The monoisotopic (exact) mass is 296 g/mol. The average Bonchev–Trinajstić information content (AvgIpc) is 2.59. The molecule has 0 unspecified atom stereocenters. The Morgan fingerprint density at radius 3 is 1.50 bits per heavy atom. The van der Waals surface area contributed by atoms with Crippen LogP contribution >= 0.6 is 0 Å². The van der Waals surface area contributed by atoms with Gasteiger partial charge in [-0.2, -0.15) is 0 Å². The van der Waals surface area contributed by atoms with E-state index in [9.17, 15) is 0 Å². The van der Waals surface area contributed by atoms with Gasteiger partial charge in [0, 0.05) is 0 Å². The molecule has 2 rings (SSSR count). The molecule has 0 aliphatic carbocycles. The lowest BCUT2D eigenvalue weighted by Gasteiger charge is -2.00. The highest BCUT2D eigenvalue weighted by Gasteiger charge is 1.93. The van der Waals surface area contributed by atoms with Crippen molar-refractivity contribution in [2.75, 3.05) is 0 Å². The molecule has 2 aromatic rings. The molecule has 0 heteroatoms. The summed E-state index contributed by atoms with van der Waals surface area (Å²) in [6, 6.07) is 16.5. The topological polar surface area (TPSA) is 0 Å². The largest absolute Gasteiger partial charge is 0.0984 e. The van der Waals surface area contributed by atoms with Crippen LogP contribution in [0.1, 0.15) is 49.9 Å². The zero-order valence-electron chi connectivity index (χ0n) is 15.2. The number of rotatable bonds is 2. The Balaban J connectivity index is 0. The van der Waals surface area contributed by atoms with Gasteiger partial charge in [-0.3, -0.25) is 0 Å². The van der Waals surface area contributed by atoms with Crippen LogP contribution in [0.3, 0.4) is 0 Å². The fourth-order valence-corrected chi connectivity index (χ4v) is 1.59. The first-order chi connectivity index (χ1) is 10.7. The molecule has 2 aromatic carbocycles. The van der Waals surface area contributed by atoms with Crippen LogP contribution in [-0.4, -0.2) is 0 Å². The summed E-state index contributed by atoms with van der Waals surface area (Å²) in [5.41, 5.74) is 4.87. The Morgan fingerprint density at radius 1 is 0.636 bits per heavy atom. The van der Waals surface area contributed by atoms with Gasteiger partial charge in [0.15, 0.2) is 0 Å². The second-order valence-electron chi connectivity index (χ2n) is 4.20. The van der Waals surface area contributed by atoms with E-state index in [0.717, 1.165) is 11.1 Å². The van der Waals surface area contributed by atoms with Crippen LogP contribution in [0.4, 0.5) is 0 Å². The van der Waals surface area contributed by atoms with Crippen molar-refractivity contribution in [3.8, 4) is 0 Å².